The number of nitriles is 1. The van der Waals surface area contributed by atoms with E-state index in [1.807, 2.05) is 24.3 Å². The Balaban J connectivity index is 1.62. The van der Waals surface area contributed by atoms with Gasteiger partial charge in [-0.1, -0.05) is 12.1 Å². The molecule has 0 bridgehead atoms. The fourth-order valence-corrected chi connectivity index (χ4v) is 2.94. The Hall–Kier alpha value is -2.55. The minimum atomic E-state index is -0.372. The maximum atomic E-state index is 12.0. The number of ether oxygens (including phenoxy) is 1. The first-order valence-electron chi connectivity index (χ1n) is 7.82. The van der Waals surface area contributed by atoms with E-state index in [9.17, 15) is 14.9 Å². The van der Waals surface area contributed by atoms with Gasteiger partial charge in [-0.05, 0) is 43.4 Å². The van der Waals surface area contributed by atoms with Crippen molar-refractivity contribution in [1.82, 2.24) is 0 Å². The predicted octanol–water partition coefficient (Wildman–Crippen LogP) is 2.22. The van der Waals surface area contributed by atoms with Crippen molar-refractivity contribution in [2.45, 2.75) is 43.6 Å². The molecule has 0 spiro atoms. The van der Waals surface area contributed by atoms with Gasteiger partial charge in [0.05, 0.1) is 18.0 Å². The Morgan fingerprint density at radius 2 is 2.09 bits per heavy atom. The van der Waals surface area contributed by atoms with E-state index in [-0.39, 0.29) is 23.5 Å². The number of nitrogens with two attached hydrogens (primary N) is 1. The molecule has 1 aliphatic heterocycles. The summed E-state index contributed by atoms with van der Waals surface area (Å²) < 4.78 is 5.32. The summed E-state index contributed by atoms with van der Waals surface area (Å²) in [6.45, 7) is 0.473. The lowest BCUT2D eigenvalue weighted by Gasteiger charge is -2.14. The van der Waals surface area contributed by atoms with Crippen LogP contribution in [0.15, 0.2) is 24.3 Å². The summed E-state index contributed by atoms with van der Waals surface area (Å²) in [4.78, 5) is 24.3. The molecule has 1 aliphatic carbocycles. The highest BCUT2D eigenvalue weighted by Gasteiger charge is 2.44. The van der Waals surface area contributed by atoms with Crippen LogP contribution in [-0.2, 0) is 14.9 Å². The maximum absolute atomic E-state index is 12.0. The summed E-state index contributed by atoms with van der Waals surface area (Å²) in [7, 11) is 0. The Morgan fingerprint density at radius 3 is 2.65 bits per heavy atom. The molecule has 2 fully saturated rings. The molecule has 1 atom stereocenters. The third-order valence-electron chi connectivity index (χ3n) is 4.52. The van der Waals surface area contributed by atoms with E-state index in [4.69, 9.17) is 10.5 Å². The monoisotopic (exact) mass is 313 g/mol. The summed E-state index contributed by atoms with van der Waals surface area (Å²) in [5.74, 6) is -0.340. The lowest BCUT2D eigenvalue weighted by atomic mass is 9.97. The molecule has 6 nitrogen and oxygen atoms in total. The number of carbonyl (C=O) groups is 2. The molecule has 23 heavy (non-hydrogen) atoms. The molecule has 3 rings (SSSR count). The molecule has 1 saturated carbocycles. The lowest BCUT2D eigenvalue weighted by molar-refractivity contribution is -0.118. The molecule has 2 N–H and O–H groups in total. The SMILES string of the molecule is N#CC1(c2ccc(N3CC(CCCC(N)=O)OC3=O)cc2)CC1. The van der Waals surface area contributed by atoms with Crippen LogP contribution in [0.25, 0.3) is 0 Å². The van der Waals surface area contributed by atoms with Crippen molar-refractivity contribution in [2.75, 3.05) is 11.4 Å². The van der Waals surface area contributed by atoms with Crippen LogP contribution in [0.2, 0.25) is 0 Å². The minimum absolute atomic E-state index is 0.213. The number of cyclic esters (lactones) is 1. The van der Waals surface area contributed by atoms with Crippen LogP contribution in [-0.4, -0.2) is 24.6 Å². The number of hydrogen-bond donors (Lipinski definition) is 1. The third-order valence-corrected chi connectivity index (χ3v) is 4.52. The van der Waals surface area contributed by atoms with Crippen LogP contribution in [0, 0.1) is 11.3 Å². The van der Waals surface area contributed by atoms with Gasteiger partial charge in [-0.15, -0.1) is 0 Å². The van der Waals surface area contributed by atoms with E-state index in [1.165, 1.54) is 0 Å². The van der Waals surface area contributed by atoms with Gasteiger partial charge in [0.25, 0.3) is 0 Å². The average Bonchev–Trinajstić information content (AvgIpc) is 3.25. The molecule has 1 aromatic rings. The highest BCUT2D eigenvalue weighted by Crippen LogP contribution is 2.47. The number of anilines is 1. The van der Waals surface area contributed by atoms with Gasteiger partial charge in [0.15, 0.2) is 0 Å². The van der Waals surface area contributed by atoms with Gasteiger partial charge < -0.3 is 10.5 Å². The van der Waals surface area contributed by atoms with Crippen LogP contribution in [0.1, 0.15) is 37.7 Å². The number of hydrogen-bond acceptors (Lipinski definition) is 4. The number of primary amides is 1. The van der Waals surface area contributed by atoms with Gasteiger partial charge in [-0.25, -0.2) is 4.79 Å². The molecular weight excluding hydrogens is 294 g/mol. The Labute approximate surface area is 134 Å². The number of amides is 2. The molecular formula is C17H19N3O3. The van der Waals surface area contributed by atoms with E-state index in [1.54, 1.807) is 4.90 Å². The summed E-state index contributed by atoms with van der Waals surface area (Å²) >= 11 is 0. The number of nitrogens with zero attached hydrogens (tertiary/aromatic N) is 2. The van der Waals surface area contributed by atoms with E-state index in [0.717, 1.165) is 24.1 Å². The first-order chi connectivity index (χ1) is 11.0. The largest absolute Gasteiger partial charge is 0.444 e. The zero-order valence-corrected chi connectivity index (χ0v) is 12.8. The molecule has 0 radical (unpaired) electrons. The zero-order chi connectivity index (χ0) is 16.4. The molecule has 1 heterocycles. The predicted molar refractivity (Wildman–Crippen MR) is 83.6 cm³/mol. The molecule has 6 heteroatoms. The van der Waals surface area contributed by atoms with Crippen molar-refractivity contribution >= 4 is 17.7 Å². The summed E-state index contributed by atoms with van der Waals surface area (Å²) in [6, 6.07) is 9.92. The van der Waals surface area contributed by atoms with Gasteiger partial charge in [-0.3, -0.25) is 9.69 Å². The molecule has 0 aromatic heterocycles. The zero-order valence-electron chi connectivity index (χ0n) is 12.8. The highest BCUT2D eigenvalue weighted by molar-refractivity contribution is 5.89. The number of carbonyl (C=O) groups excluding carboxylic acids is 2. The van der Waals surface area contributed by atoms with E-state index in [0.29, 0.717) is 25.8 Å². The second-order valence-electron chi connectivity index (χ2n) is 6.22. The Bertz CT molecular complexity index is 659. The lowest BCUT2D eigenvalue weighted by Crippen LogP contribution is -2.24. The van der Waals surface area contributed by atoms with Crippen molar-refractivity contribution in [3.05, 3.63) is 29.8 Å². The van der Waals surface area contributed by atoms with E-state index < -0.39 is 0 Å². The van der Waals surface area contributed by atoms with Gasteiger partial charge in [-0.2, -0.15) is 5.26 Å². The van der Waals surface area contributed by atoms with Gasteiger partial charge >= 0.3 is 6.09 Å². The van der Waals surface area contributed by atoms with Crippen LogP contribution < -0.4 is 10.6 Å². The van der Waals surface area contributed by atoms with Gasteiger partial charge in [0.1, 0.15) is 6.10 Å². The van der Waals surface area contributed by atoms with Crippen molar-refractivity contribution in [2.24, 2.45) is 5.73 Å². The van der Waals surface area contributed by atoms with E-state index >= 15 is 0 Å². The summed E-state index contributed by atoms with van der Waals surface area (Å²) in [5.41, 5.74) is 6.57. The highest BCUT2D eigenvalue weighted by atomic mass is 16.6. The van der Waals surface area contributed by atoms with Crippen molar-refractivity contribution in [3.63, 3.8) is 0 Å². The van der Waals surface area contributed by atoms with Gasteiger partial charge in [0.2, 0.25) is 5.91 Å². The standard InChI is InChI=1S/C17H19N3O3/c18-11-17(8-9-17)12-4-6-13(7-5-12)20-10-14(23-16(20)22)2-1-3-15(19)21/h4-7,14H,1-3,8-10H2,(H2,19,21). The maximum Gasteiger partial charge on any atom is 0.414 e. The summed E-state index contributed by atoms with van der Waals surface area (Å²) in [6.07, 6.45) is 2.76. The quantitative estimate of drug-likeness (QED) is 0.870. The fourth-order valence-electron chi connectivity index (χ4n) is 2.94. The van der Waals surface area contributed by atoms with Crippen molar-refractivity contribution in [1.29, 1.82) is 5.26 Å². The first kappa shape index (κ1) is 15.3. The minimum Gasteiger partial charge on any atom is -0.444 e. The smallest absolute Gasteiger partial charge is 0.414 e. The topological polar surface area (TPSA) is 96.4 Å². The molecule has 1 aromatic carbocycles. The molecule has 120 valence electrons. The molecule has 2 aliphatic rings. The van der Waals surface area contributed by atoms with Crippen molar-refractivity contribution in [3.8, 4) is 6.07 Å². The molecule has 1 saturated heterocycles. The van der Waals surface area contributed by atoms with Crippen LogP contribution in [0.3, 0.4) is 0 Å². The molecule has 1 unspecified atom stereocenters. The second kappa shape index (κ2) is 5.92. The third kappa shape index (κ3) is 3.14. The fraction of sp³-hybridized carbons (Fsp3) is 0.471. The van der Waals surface area contributed by atoms with Crippen molar-refractivity contribution < 1.29 is 14.3 Å². The van der Waals surface area contributed by atoms with Crippen LogP contribution in [0.5, 0.6) is 0 Å². The molecule has 2 amide bonds. The summed E-state index contributed by atoms with van der Waals surface area (Å²) in [5, 5.41) is 9.22. The number of benzene rings is 1. The Kier molecular flexibility index (Phi) is 3.95. The second-order valence-corrected chi connectivity index (χ2v) is 6.22. The van der Waals surface area contributed by atoms with E-state index in [2.05, 4.69) is 6.07 Å². The normalized spacial score (nSPS) is 21.6. The first-order valence-corrected chi connectivity index (χ1v) is 7.82. The van der Waals surface area contributed by atoms with Crippen LogP contribution >= 0.6 is 0 Å². The number of rotatable bonds is 6. The van der Waals surface area contributed by atoms with Crippen LogP contribution in [0.4, 0.5) is 10.5 Å². The average molecular weight is 313 g/mol. The van der Waals surface area contributed by atoms with Gasteiger partial charge in [0, 0.05) is 12.1 Å². The Morgan fingerprint density at radius 1 is 1.39 bits per heavy atom.